The Morgan fingerprint density at radius 1 is 1.24 bits per heavy atom. The van der Waals surface area contributed by atoms with Crippen LogP contribution in [0.4, 0.5) is 10.5 Å². The van der Waals surface area contributed by atoms with Crippen LogP contribution in [0.15, 0.2) is 24.3 Å². The van der Waals surface area contributed by atoms with Crippen molar-refractivity contribution in [2.75, 3.05) is 17.3 Å². The van der Waals surface area contributed by atoms with E-state index < -0.39 is 24.0 Å². The Balaban J connectivity index is 2.72. The number of carboxylic acids is 2. The van der Waals surface area contributed by atoms with E-state index in [4.69, 9.17) is 0 Å². The summed E-state index contributed by atoms with van der Waals surface area (Å²) < 4.78 is 0. The van der Waals surface area contributed by atoms with Crippen LogP contribution in [0.5, 0.6) is 0 Å². The molecule has 0 aliphatic rings. The second kappa shape index (κ2) is 8.15. The molecule has 0 saturated heterocycles. The lowest BCUT2D eigenvalue weighted by atomic mass is 10.2. The third-order valence-electron chi connectivity index (χ3n) is 2.60. The van der Waals surface area contributed by atoms with Gasteiger partial charge in [-0.15, -0.1) is 0 Å². The van der Waals surface area contributed by atoms with Gasteiger partial charge in [-0.05, 0) is 24.5 Å². The molecule has 0 aliphatic carbocycles. The van der Waals surface area contributed by atoms with Crippen LogP contribution < -0.4 is 20.8 Å². The first-order valence-corrected chi connectivity index (χ1v) is 7.42. The Kier molecular flexibility index (Phi) is 6.54. The monoisotopic (exact) mass is 310 g/mol. The van der Waals surface area contributed by atoms with Gasteiger partial charge < -0.3 is 30.4 Å². The molecule has 0 spiro atoms. The number of amides is 2. The van der Waals surface area contributed by atoms with Gasteiger partial charge in [0.25, 0.3) is 0 Å². The number of carbonyl (C=O) groups excluding carboxylic acids is 3. The number of urea groups is 1. The van der Waals surface area contributed by atoms with Crippen LogP contribution in [0, 0.1) is 0 Å². The highest BCUT2D eigenvalue weighted by Crippen LogP contribution is 2.13. The van der Waals surface area contributed by atoms with E-state index in [9.17, 15) is 24.6 Å². The number of carboxylic acid groups (broad SMARTS) is 2. The summed E-state index contributed by atoms with van der Waals surface area (Å²) in [7, 11) is 0. The summed E-state index contributed by atoms with van der Waals surface area (Å²) in [5.74, 6) is -2.30. The summed E-state index contributed by atoms with van der Waals surface area (Å²) in [6.45, 7) is 0. The Morgan fingerprint density at radius 2 is 1.90 bits per heavy atom. The third-order valence-corrected chi connectivity index (χ3v) is 3.24. The van der Waals surface area contributed by atoms with Crippen LogP contribution in [-0.2, 0) is 4.79 Å². The maximum atomic E-state index is 11.7. The Hall–Kier alpha value is -2.22. The highest BCUT2D eigenvalue weighted by atomic mass is 32.2. The van der Waals surface area contributed by atoms with Crippen molar-refractivity contribution < 1.29 is 24.6 Å². The lowest BCUT2D eigenvalue weighted by molar-refractivity contribution is -0.308. The average Bonchev–Trinajstić information content (AvgIpc) is 2.43. The van der Waals surface area contributed by atoms with Crippen LogP contribution in [0.1, 0.15) is 16.8 Å². The van der Waals surface area contributed by atoms with E-state index in [-0.39, 0.29) is 17.7 Å². The van der Waals surface area contributed by atoms with Crippen molar-refractivity contribution in [3.05, 3.63) is 29.8 Å². The number of aliphatic carboxylic acids is 1. The Labute approximate surface area is 125 Å². The summed E-state index contributed by atoms with van der Waals surface area (Å²) in [6.07, 6.45) is 2.02. The Bertz CT molecular complexity index is 535. The molecule has 2 N–H and O–H groups in total. The quantitative estimate of drug-likeness (QED) is 0.669. The highest BCUT2D eigenvalue weighted by Gasteiger charge is 2.14. The molecule has 0 unspecified atom stereocenters. The first-order valence-electron chi connectivity index (χ1n) is 6.03. The molecule has 8 heteroatoms. The van der Waals surface area contributed by atoms with Gasteiger partial charge >= 0.3 is 6.03 Å². The molecule has 0 fully saturated rings. The zero-order valence-electron chi connectivity index (χ0n) is 11.3. The zero-order valence-corrected chi connectivity index (χ0v) is 12.1. The fourth-order valence-corrected chi connectivity index (χ4v) is 2.04. The normalized spacial score (nSPS) is 11.5. The summed E-state index contributed by atoms with van der Waals surface area (Å²) in [5.41, 5.74) is -0.168. The number of para-hydroxylation sites is 1. The number of nitrogens with one attached hydrogen (secondary N) is 2. The van der Waals surface area contributed by atoms with Crippen LogP contribution in [0.25, 0.3) is 0 Å². The third kappa shape index (κ3) is 5.35. The van der Waals surface area contributed by atoms with Gasteiger partial charge in [-0.2, -0.15) is 11.8 Å². The molecule has 0 heterocycles. The fourth-order valence-electron chi connectivity index (χ4n) is 1.57. The molecule has 2 amide bonds. The van der Waals surface area contributed by atoms with Gasteiger partial charge in [0.05, 0.1) is 23.7 Å². The number of aromatic carboxylic acids is 1. The molecule has 0 aromatic heterocycles. The Morgan fingerprint density at radius 3 is 2.48 bits per heavy atom. The van der Waals surface area contributed by atoms with Crippen molar-refractivity contribution in [3.63, 3.8) is 0 Å². The molecule has 1 rings (SSSR count). The van der Waals surface area contributed by atoms with Crippen LogP contribution >= 0.6 is 11.8 Å². The van der Waals surface area contributed by atoms with Gasteiger partial charge in [-0.25, -0.2) is 4.79 Å². The predicted octanol–water partition coefficient (Wildman–Crippen LogP) is -0.957. The zero-order chi connectivity index (χ0) is 15.8. The van der Waals surface area contributed by atoms with Gasteiger partial charge in [-0.1, -0.05) is 18.2 Å². The largest absolute Gasteiger partial charge is 0.548 e. The van der Waals surface area contributed by atoms with Gasteiger partial charge in [0, 0.05) is 5.56 Å². The van der Waals surface area contributed by atoms with Gasteiger partial charge in [-0.3, -0.25) is 0 Å². The van der Waals surface area contributed by atoms with Crippen LogP contribution in [-0.4, -0.2) is 36.0 Å². The molecule has 1 atom stereocenters. The molecular formula is C13H14N2O5S-2. The molecule has 0 aliphatic heterocycles. The van der Waals surface area contributed by atoms with E-state index in [1.807, 2.05) is 6.26 Å². The van der Waals surface area contributed by atoms with Crippen LogP contribution in [0.2, 0.25) is 0 Å². The predicted molar refractivity (Wildman–Crippen MR) is 74.7 cm³/mol. The van der Waals surface area contributed by atoms with Crippen molar-refractivity contribution in [3.8, 4) is 0 Å². The van der Waals surface area contributed by atoms with Crippen molar-refractivity contribution in [1.29, 1.82) is 0 Å². The molecule has 1 aromatic carbocycles. The molecule has 1 aromatic rings. The van der Waals surface area contributed by atoms with Crippen molar-refractivity contribution in [2.24, 2.45) is 0 Å². The fraction of sp³-hybridized carbons (Fsp3) is 0.308. The lowest BCUT2D eigenvalue weighted by Crippen LogP contribution is -2.49. The van der Waals surface area contributed by atoms with E-state index in [1.165, 1.54) is 36.0 Å². The first kappa shape index (κ1) is 16.8. The van der Waals surface area contributed by atoms with Crippen molar-refractivity contribution in [1.82, 2.24) is 5.32 Å². The summed E-state index contributed by atoms with van der Waals surface area (Å²) in [5, 5.41) is 26.3. The number of anilines is 1. The van der Waals surface area contributed by atoms with Crippen molar-refractivity contribution >= 4 is 35.4 Å². The summed E-state index contributed by atoms with van der Waals surface area (Å²) >= 11 is 1.44. The number of thioether (sulfide) groups is 1. The molecule has 7 nitrogen and oxygen atoms in total. The molecule has 21 heavy (non-hydrogen) atoms. The second-order valence-corrected chi connectivity index (χ2v) is 5.07. The van der Waals surface area contributed by atoms with E-state index in [0.717, 1.165) is 0 Å². The molecule has 0 saturated carbocycles. The lowest BCUT2D eigenvalue weighted by Gasteiger charge is -2.20. The minimum Gasteiger partial charge on any atom is -0.548 e. The number of benzene rings is 1. The standard InChI is InChI=1S/C13H16N2O5S/c1-21-7-6-10(12(18)19)15-13(20)14-9-5-3-2-4-8(9)11(16)17/h2-5,10H,6-7H2,1H3,(H,16,17)(H,18,19)(H2,14,15,20)/p-2/t10-/m0/s1. The van der Waals surface area contributed by atoms with Gasteiger partial charge in [0.1, 0.15) is 0 Å². The number of carbonyl (C=O) groups is 3. The number of hydrogen-bond acceptors (Lipinski definition) is 6. The molecule has 114 valence electrons. The van der Waals surface area contributed by atoms with E-state index in [2.05, 4.69) is 10.6 Å². The van der Waals surface area contributed by atoms with E-state index in [1.54, 1.807) is 0 Å². The SMILES string of the molecule is CSCC[C@H](NC(=O)Nc1ccccc1C(=O)[O-])C(=O)[O-]. The molecular weight excluding hydrogens is 296 g/mol. The maximum absolute atomic E-state index is 11.7. The highest BCUT2D eigenvalue weighted by molar-refractivity contribution is 7.98. The van der Waals surface area contributed by atoms with E-state index >= 15 is 0 Å². The van der Waals surface area contributed by atoms with E-state index in [0.29, 0.717) is 5.75 Å². The summed E-state index contributed by atoms with van der Waals surface area (Å²) in [6, 6.07) is 3.70. The topological polar surface area (TPSA) is 121 Å². The van der Waals surface area contributed by atoms with Crippen LogP contribution in [0.3, 0.4) is 0 Å². The minimum absolute atomic E-state index is 0.0250. The first-order chi connectivity index (χ1) is 9.95. The summed E-state index contributed by atoms with van der Waals surface area (Å²) in [4.78, 5) is 33.5. The van der Waals surface area contributed by atoms with Crippen molar-refractivity contribution in [2.45, 2.75) is 12.5 Å². The molecule has 0 radical (unpaired) electrons. The molecule has 0 bridgehead atoms. The average molecular weight is 310 g/mol. The van der Waals surface area contributed by atoms with Gasteiger partial charge in [0.15, 0.2) is 0 Å². The maximum Gasteiger partial charge on any atom is 0.319 e. The number of rotatable bonds is 7. The second-order valence-electron chi connectivity index (χ2n) is 4.08. The smallest absolute Gasteiger partial charge is 0.319 e. The minimum atomic E-state index is -1.44. The number of hydrogen-bond donors (Lipinski definition) is 2. The van der Waals surface area contributed by atoms with Gasteiger partial charge in [0.2, 0.25) is 0 Å².